The zero-order valence-corrected chi connectivity index (χ0v) is 9.71. The lowest BCUT2D eigenvalue weighted by molar-refractivity contribution is 0.0699. The molecule has 0 atom stereocenters. The molecule has 1 N–H and O–H groups in total. The Kier molecular flexibility index (Phi) is 2.23. The van der Waals surface area contributed by atoms with E-state index in [9.17, 15) is 4.79 Å². The van der Waals surface area contributed by atoms with Crippen molar-refractivity contribution < 1.29 is 9.90 Å². The summed E-state index contributed by atoms with van der Waals surface area (Å²) in [4.78, 5) is 20.0. The highest BCUT2D eigenvalue weighted by Gasteiger charge is 2.11. The maximum Gasteiger partial charge on any atom is 0.337 e. The fraction of sp³-hybridized carbons (Fsp3) is 0.0714. The van der Waals surface area contributed by atoms with E-state index >= 15 is 0 Å². The van der Waals surface area contributed by atoms with E-state index < -0.39 is 5.97 Å². The zero-order valence-electron chi connectivity index (χ0n) is 9.71. The molecular weight excluding hydrogens is 228 g/mol. The third-order valence-electron chi connectivity index (χ3n) is 2.85. The van der Waals surface area contributed by atoms with Gasteiger partial charge in [0.1, 0.15) is 5.52 Å². The maximum absolute atomic E-state index is 11.1. The summed E-state index contributed by atoms with van der Waals surface area (Å²) in [6.45, 7) is 1.99. The first-order valence-electron chi connectivity index (χ1n) is 5.55. The summed E-state index contributed by atoms with van der Waals surface area (Å²) in [7, 11) is 0. The van der Waals surface area contributed by atoms with E-state index in [1.165, 1.54) is 0 Å². The second kappa shape index (κ2) is 3.77. The minimum atomic E-state index is -0.985. The lowest BCUT2D eigenvalue weighted by atomic mass is 10.1. The van der Waals surface area contributed by atoms with Crippen molar-refractivity contribution in [3.8, 4) is 0 Å². The fourth-order valence-electron chi connectivity index (χ4n) is 1.98. The highest BCUT2D eigenvalue weighted by atomic mass is 16.4. The fourth-order valence-corrected chi connectivity index (χ4v) is 1.98. The molecule has 0 fully saturated rings. The van der Waals surface area contributed by atoms with Crippen LogP contribution in [0.1, 0.15) is 15.9 Å². The normalized spacial score (nSPS) is 10.9. The predicted molar refractivity (Wildman–Crippen MR) is 68.7 cm³/mol. The lowest BCUT2D eigenvalue weighted by Crippen LogP contribution is -2.00. The molecule has 1 heterocycles. The molecule has 4 nitrogen and oxygen atoms in total. The van der Waals surface area contributed by atoms with Gasteiger partial charge in [-0.05, 0) is 36.8 Å². The second-order valence-corrected chi connectivity index (χ2v) is 4.19. The van der Waals surface area contributed by atoms with Crippen molar-refractivity contribution in [2.75, 3.05) is 0 Å². The van der Waals surface area contributed by atoms with Gasteiger partial charge in [-0.1, -0.05) is 12.1 Å². The van der Waals surface area contributed by atoms with Crippen LogP contribution in [0.5, 0.6) is 0 Å². The average molecular weight is 238 g/mol. The van der Waals surface area contributed by atoms with Gasteiger partial charge in [0, 0.05) is 0 Å². The number of hydrogen-bond acceptors (Lipinski definition) is 3. The van der Waals surface area contributed by atoms with Gasteiger partial charge in [0.25, 0.3) is 0 Å². The number of carbonyl (C=O) groups is 1. The van der Waals surface area contributed by atoms with Crippen molar-refractivity contribution in [2.24, 2.45) is 0 Å². The van der Waals surface area contributed by atoms with Gasteiger partial charge in [0.05, 0.1) is 22.1 Å². The van der Waals surface area contributed by atoms with Gasteiger partial charge in [0.2, 0.25) is 0 Å². The smallest absolute Gasteiger partial charge is 0.337 e. The van der Waals surface area contributed by atoms with E-state index in [4.69, 9.17) is 5.11 Å². The molecule has 0 amide bonds. The summed E-state index contributed by atoms with van der Waals surface area (Å²) in [6, 6.07) is 10.7. The van der Waals surface area contributed by atoms with Crippen LogP contribution in [-0.2, 0) is 0 Å². The SMILES string of the molecule is Cc1ccc2nc3c(C(=O)O)cccc3nc2c1. The molecule has 0 saturated carbocycles. The Balaban J connectivity index is 2.44. The Morgan fingerprint density at radius 1 is 1.06 bits per heavy atom. The highest BCUT2D eigenvalue weighted by Crippen LogP contribution is 2.20. The number of nitrogens with zero attached hydrogens (tertiary/aromatic N) is 2. The number of hydrogen-bond donors (Lipinski definition) is 1. The van der Waals surface area contributed by atoms with E-state index in [0.29, 0.717) is 16.6 Å². The van der Waals surface area contributed by atoms with Crippen molar-refractivity contribution in [3.05, 3.63) is 47.5 Å². The maximum atomic E-state index is 11.1. The van der Waals surface area contributed by atoms with E-state index in [2.05, 4.69) is 9.97 Å². The first kappa shape index (κ1) is 10.7. The van der Waals surface area contributed by atoms with Crippen LogP contribution in [0.25, 0.3) is 22.1 Å². The van der Waals surface area contributed by atoms with Crippen LogP contribution in [0, 0.1) is 6.92 Å². The molecule has 0 aliphatic rings. The number of carboxylic acid groups (broad SMARTS) is 1. The van der Waals surface area contributed by atoms with Gasteiger partial charge in [-0.25, -0.2) is 14.8 Å². The number of aryl methyl sites for hydroxylation is 1. The van der Waals surface area contributed by atoms with Gasteiger partial charge in [-0.15, -0.1) is 0 Å². The van der Waals surface area contributed by atoms with E-state index in [1.54, 1.807) is 18.2 Å². The first-order valence-corrected chi connectivity index (χ1v) is 5.55. The van der Waals surface area contributed by atoms with Gasteiger partial charge < -0.3 is 5.11 Å². The molecule has 0 aliphatic carbocycles. The van der Waals surface area contributed by atoms with Crippen LogP contribution < -0.4 is 0 Å². The quantitative estimate of drug-likeness (QED) is 0.662. The predicted octanol–water partition coefficient (Wildman–Crippen LogP) is 2.79. The topological polar surface area (TPSA) is 63.1 Å². The number of fused-ring (bicyclic) bond motifs is 2. The van der Waals surface area contributed by atoms with E-state index in [-0.39, 0.29) is 5.56 Å². The Bertz CT molecular complexity index is 781. The monoisotopic (exact) mass is 238 g/mol. The Labute approximate surface area is 103 Å². The standard InChI is InChI=1S/C14H10N2O2/c1-8-5-6-10-12(7-8)15-11-4-2-3-9(14(17)18)13(11)16-10/h2-7H,1H3,(H,17,18). The molecule has 3 aromatic rings. The number of rotatable bonds is 1. The minimum Gasteiger partial charge on any atom is -0.478 e. The van der Waals surface area contributed by atoms with Gasteiger partial charge in [0.15, 0.2) is 0 Å². The van der Waals surface area contributed by atoms with Crippen molar-refractivity contribution in [1.29, 1.82) is 0 Å². The largest absolute Gasteiger partial charge is 0.478 e. The summed E-state index contributed by atoms with van der Waals surface area (Å²) in [5.74, 6) is -0.985. The van der Waals surface area contributed by atoms with E-state index in [0.717, 1.165) is 11.1 Å². The average Bonchev–Trinajstić information content (AvgIpc) is 2.35. The Morgan fingerprint density at radius 2 is 1.89 bits per heavy atom. The number of benzene rings is 2. The van der Waals surface area contributed by atoms with Crippen LogP contribution in [0.3, 0.4) is 0 Å². The molecule has 0 unspecified atom stereocenters. The lowest BCUT2D eigenvalue weighted by Gasteiger charge is -2.04. The molecule has 4 heteroatoms. The number of carboxylic acids is 1. The molecule has 88 valence electrons. The van der Waals surface area contributed by atoms with Crippen molar-refractivity contribution in [2.45, 2.75) is 6.92 Å². The van der Waals surface area contributed by atoms with Gasteiger partial charge >= 0.3 is 5.97 Å². The summed E-state index contributed by atoms with van der Waals surface area (Å²) in [5.41, 5.74) is 3.81. The third kappa shape index (κ3) is 1.59. The van der Waals surface area contributed by atoms with Crippen molar-refractivity contribution in [3.63, 3.8) is 0 Å². The zero-order chi connectivity index (χ0) is 12.7. The first-order chi connectivity index (χ1) is 8.65. The molecule has 0 saturated heterocycles. The van der Waals surface area contributed by atoms with Gasteiger partial charge in [-0.2, -0.15) is 0 Å². The molecular formula is C14H10N2O2. The number of aromatic carboxylic acids is 1. The summed E-state index contributed by atoms with van der Waals surface area (Å²) < 4.78 is 0. The third-order valence-corrected chi connectivity index (χ3v) is 2.85. The van der Waals surface area contributed by atoms with Crippen molar-refractivity contribution >= 4 is 28.0 Å². The molecule has 3 rings (SSSR count). The molecule has 0 radical (unpaired) electrons. The van der Waals surface area contributed by atoms with Gasteiger partial charge in [-0.3, -0.25) is 0 Å². The van der Waals surface area contributed by atoms with E-state index in [1.807, 2.05) is 25.1 Å². The minimum absolute atomic E-state index is 0.183. The summed E-state index contributed by atoms with van der Waals surface area (Å²) >= 11 is 0. The summed E-state index contributed by atoms with van der Waals surface area (Å²) in [5, 5.41) is 9.13. The van der Waals surface area contributed by atoms with Crippen molar-refractivity contribution in [1.82, 2.24) is 9.97 Å². The Hall–Kier alpha value is -2.49. The molecule has 1 aromatic heterocycles. The molecule has 0 aliphatic heterocycles. The number of para-hydroxylation sites is 1. The highest BCUT2D eigenvalue weighted by molar-refractivity contribution is 6.02. The molecule has 0 bridgehead atoms. The van der Waals surface area contributed by atoms with Crippen LogP contribution >= 0.6 is 0 Å². The van der Waals surface area contributed by atoms with Crippen LogP contribution in [-0.4, -0.2) is 21.0 Å². The number of aromatic nitrogens is 2. The molecule has 0 spiro atoms. The van der Waals surface area contributed by atoms with Crippen LogP contribution in [0.2, 0.25) is 0 Å². The molecule has 18 heavy (non-hydrogen) atoms. The second-order valence-electron chi connectivity index (χ2n) is 4.19. The van der Waals surface area contributed by atoms with Crippen LogP contribution in [0.15, 0.2) is 36.4 Å². The Morgan fingerprint density at radius 3 is 2.67 bits per heavy atom. The summed E-state index contributed by atoms with van der Waals surface area (Å²) in [6.07, 6.45) is 0. The molecule has 2 aromatic carbocycles. The van der Waals surface area contributed by atoms with Crippen LogP contribution in [0.4, 0.5) is 0 Å².